The fraction of sp³-hybridized carbons (Fsp3) is 0.462. The first-order valence-corrected chi connectivity index (χ1v) is 11.2. The van der Waals surface area contributed by atoms with Gasteiger partial charge < -0.3 is 21.3 Å². The highest BCUT2D eigenvalue weighted by Crippen LogP contribution is 2.11. The van der Waals surface area contributed by atoms with Crippen molar-refractivity contribution in [1.29, 1.82) is 0 Å². The zero-order valence-electron chi connectivity index (χ0n) is 20.2. The molecule has 0 heterocycles. The largest absolute Gasteiger partial charge is 0.343 e. The zero-order chi connectivity index (χ0) is 25.7. The number of carbonyl (C=O) groups excluding carboxylic acids is 4. The molecule has 8 nitrogen and oxygen atoms in total. The molecule has 1 aromatic rings. The Labute approximate surface area is 202 Å². The van der Waals surface area contributed by atoms with Crippen molar-refractivity contribution in [2.75, 3.05) is 13.1 Å². The Morgan fingerprint density at radius 1 is 0.765 bits per heavy atom. The first-order valence-electron chi connectivity index (χ1n) is 11.2. The summed E-state index contributed by atoms with van der Waals surface area (Å²) in [7, 11) is 0. The van der Waals surface area contributed by atoms with Gasteiger partial charge in [-0.3, -0.25) is 19.2 Å². The molecular weight excluding hydrogens is 432 g/mol. The SMILES string of the molecule is C#CCNC(=O)[C@H](CC(C)C)NC(=O)c1cccc(C(=O)N[C@@H](CC(C)C)C(=O)NCC#C)c1. The molecule has 182 valence electrons. The Bertz CT molecular complexity index is 883. The van der Waals surface area contributed by atoms with Crippen LogP contribution >= 0.6 is 0 Å². The maximum Gasteiger partial charge on any atom is 0.251 e. The summed E-state index contributed by atoms with van der Waals surface area (Å²) in [5, 5.41) is 10.6. The van der Waals surface area contributed by atoms with Gasteiger partial charge in [0, 0.05) is 11.1 Å². The second-order valence-electron chi connectivity index (χ2n) is 8.74. The molecule has 1 rings (SSSR count). The summed E-state index contributed by atoms with van der Waals surface area (Å²) in [5.74, 6) is 3.22. The van der Waals surface area contributed by atoms with Crippen LogP contribution in [0.25, 0.3) is 0 Å². The van der Waals surface area contributed by atoms with Gasteiger partial charge in [0.25, 0.3) is 11.8 Å². The predicted octanol–water partition coefficient (Wildman–Crippen LogP) is 1.47. The molecule has 0 aliphatic rings. The lowest BCUT2D eigenvalue weighted by Gasteiger charge is -2.21. The van der Waals surface area contributed by atoms with Gasteiger partial charge in [0.05, 0.1) is 13.1 Å². The number of hydrogen-bond donors (Lipinski definition) is 4. The summed E-state index contributed by atoms with van der Waals surface area (Å²) < 4.78 is 0. The molecule has 1 aromatic carbocycles. The molecule has 0 aliphatic carbocycles. The van der Waals surface area contributed by atoms with Crippen molar-refractivity contribution < 1.29 is 19.2 Å². The Balaban J connectivity index is 2.99. The topological polar surface area (TPSA) is 116 Å². The van der Waals surface area contributed by atoms with Crippen LogP contribution in [-0.2, 0) is 9.59 Å². The molecule has 2 atom stereocenters. The minimum atomic E-state index is -0.770. The molecule has 0 saturated heterocycles. The average Bonchev–Trinajstić information content (AvgIpc) is 2.79. The van der Waals surface area contributed by atoms with Crippen LogP contribution in [0, 0.1) is 36.5 Å². The second-order valence-corrected chi connectivity index (χ2v) is 8.74. The second kappa shape index (κ2) is 14.4. The van der Waals surface area contributed by atoms with Crippen molar-refractivity contribution in [2.24, 2.45) is 11.8 Å². The molecule has 4 amide bonds. The Morgan fingerprint density at radius 3 is 1.47 bits per heavy atom. The highest BCUT2D eigenvalue weighted by Gasteiger charge is 2.24. The van der Waals surface area contributed by atoms with Crippen LogP contribution in [0.4, 0.5) is 0 Å². The van der Waals surface area contributed by atoms with Gasteiger partial charge in [-0.15, -0.1) is 12.8 Å². The predicted molar refractivity (Wildman–Crippen MR) is 132 cm³/mol. The van der Waals surface area contributed by atoms with E-state index in [1.54, 1.807) is 18.2 Å². The molecular formula is C26H34N4O4. The first-order chi connectivity index (χ1) is 16.1. The van der Waals surface area contributed by atoms with Crippen LogP contribution in [-0.4, -0.2) is 48.8 Å². The number of terminal acetylenes is 2. The minimum absolute atomic E-state index is 0.0609. The van der Waals surface area contributed by atoms with E-state index >= 15 is 0 Å². The molecule has 0 bridgehead atoms. The summed E-state index contributed by atoms with van der Waals surface area (Å²) in [6, 6.07) is 4.53. The highest BCUT2D eigenvalue weighted by molar-refractivity contribution is 6.02. The van der Waals surface area contributed by atoms with Crippen molar-refractivity contribution in [3.63, 3.8) is 0 Å². The summed E-state index contributed by atoms with van der Waals surface area (Å²) >= 11 is 0. The number of amides is 4. The van der Waals surface area contributed by atoms with Crippen LogP contribution < -0.4 is 21.3 Å². The van der Waals surface area contributed by atoms with Crippen molar-refractivity contribution in [3.8, 4) is 24.7 Å². The first kappa shape index (κ1) is 28.3. The van der Waals surface area contributed by atoms with E-state index in [-0.39, 0.29) is 47.9 Å². The molecule has 0 saturated carbocycles. The number of benzene rings is 1. The van der Waals surface area contributed by atoms with Crippen LogP contribution in [0.3, 0.4) is 0 Å². The fourth-order valence-corrected chi connectivity index (χ4v) is 3.21. The summed E-state index contributed by atoms with van der Waals surface area (Å²) in [4.78, 5) is 50.5. The Morgan fingerprint density at radius 2 is 1.15 bits per heavy atom. The number of rotatable bonds is 12. The lowest BCUT2D eigenvalue weighted by atomic mass is 10.0. The van der Waals surface area contributed by atoms with E-state index in [2.05, 4.69) is 33.1 Å². The van der Waals surface area contributed by atoms with Crippen molar-refractivity contribution in [3.05, 3.63) is 35.4 Å². The zero-order valence-corrected chi connectivity index (χ0v) is 20.2. The molecule has 0 spiro atoms. The van der Waals surface area contributed by atoms with Crippen molar-refractivity contribution in [1.82, 2.24) is 21.3 Å². The van der Waals surface area contributed by atoms with Crippen molar-refractivity contribution >= 4 is 23.6 Å². The monoisotopic (exact) mass is 466 g/mol. The third-order valence-electron chi connectivity index (χ3n) is 4.77. The maximum absolute atomic E-state index is 12.8. The fourth-order valence-electron chi connectivity index (χ4n) is 3.21. The van der Waals surface area contributed by atoms with Gasteiger partial charge >= 0.3 is 0 Å². The van der Waals surface area contributed by atoms with E-state index in [1.807, 2.05) is 27.7 Å². The minimum Gasteiger partial charge on any atom is -0.343 e. The lowest BCUT2D eigenvalue weighted by Crippen LogP contribution is -2.48. The third kappa shape index (κ3) is 9.79. The van der Waals surface area contributed by atoms with Gasteiger partial charge in [0.15, 0.2) is 0 Å². The summed E-state index contributed by atoms with van der Waals surface area (Å²) in [6.07, 6.45) is 11.2. The van der Waals surface area contributed by atoms with Gasteiger partial charge in [-0.25, -0.2) is 0 Å². The van der Waals surface area contributed by atoms with Gasteiger partial charge in [0.1, 0.15) is 12.1 Å². The normalized spacial score (nSPS) is 12.1. The number of carbonyl (C=O) groups is 4. The van der Waals surface area contributed by atoms with Gasteiger partial charge in [0.2, 0.25) is 11.8 Å². The molecule has 0 aliphatic heterocycles. The number of nitrogens with one attached hydrogen (secondary N) is 4. The van der Waals surface area contributed by atoms with Crippen LogP contribution in [0.2, 0.25) is 0 Å². The summed E-state index contributed by atoms with van der Waals surface area (Å²) in [5.41, 5.74) is 0.423. The molecule has 0 unspecified atom stereocenters. The molecule has 8 heteroatoms. The van der Waals surface area contributed by atoms with Crippen LogP contribution in [0.15, 0.2) is 24.3 Å². The van der Waals surface area contributed by atoms with E-state index in [0.29, 0.717) is 12.8 Å². The molecule has 0 aromatic heterocycles. The molecule has 4 N–H and O–H groups in total. The Kier molecular flexibility index (Phi) is 12.0. The average molecular weight is 467 g/mol. The van der Waals surface area contributed by atoms with E-state index in [9.17, 15) is 19.2 Å². The van der Waals surface area contributed by atoms with E-state index in [4.69, 9.17) is 12.8 Å². The third-order valence-corrected chi connectivity index (χ3v) is 4.77. The highest BCUT2D eigenvalue weighted by atomic mass is 16.2. The van der Waals surface area contributed by atoms with E-state index in [1.165, 1.54) is 6.07 Å². The Hall–Kier alpha value is -3.78. The van der Waals surface area contributed by atoms with Crippen molar-refractivity contribution in [2.45, 2.75) is 52.6 Å². The van der Waals surface area contributed by atoms with Gasteiger partial charge in [-0.1, -0.05) is 45.6 Å². The van der Waals surface area contributed by atoms with Crippen LogP contribution in [0.1, 0.15) is 61.3 Å². The van der Waals surface area contributed by atoms with E-state index in [0.717, 1.165) is 0 Å². The standard InChI is InChI=1S/C26H34N4O4/c1-7-12-27-25(33)21(14-17(3)4)29-23(31)19-10-9-11-20(16-19)24(32)30-22(15-18(5)6)26(34)28-13-8-2/h1-2,9-11,16-18,21-22H,12-15H2,3-6H3,(H,27,33)(H,28,34)(H,29,31)(H,30,32)/t21-,22-/m0/s1. The van der Waals surface area contributed by atoms with Gasteiger partial charge in [-0.05, 0) is 42.9 Å². The maximum atomic E-state index is 12.8. The molecule has 0 fully saturated rings. The number of hydrogen-bond acceptors (Lipinski definition) is 4. The van der Waals surface area contributed by atoms with E-state index < -0.39 is 23.9 Å². The lowest BCUT2D eigenvalue weighted by molar-refractivity contribution is -0.123. The van der Waals surface area contributed by atoms with Crippen LogP contribution in [0.5, 0.6) is 0 Å². The smallest absolute Gasteiger partial charge is 0.251 e. The van der Waals surface area contributed by atoms with Gasteiger partial charge in [-0.2, -0.15) is 0 Å². The molecule has 0 radical (unpaired) electrons. The molecule has 34 heavy (non-hydrogen) atoms. The quantitative estimate of drug-likeness (QED) is 0.349. The summed E-state index contributed by atoms with van der Waals surface area (Å²) in [6.45, 7) is 7.87.